The van der Waals surface area contributed by atoms with Crippen LogP contribution in [0, 0.1) is 0 Å². The average molecular weight is 550 g/mol. The smallest absolute Gasteiger partial charge is 0.438 e. The van der Waals surface area contributed by atoms with E-state index in [2.05, 4.69) is 35.5 Å². The number of hydrogen-bond acceptors (Lipinski definition) is 14. The maximum absolute atomic E-state index is 14.7. The van der Waals surface area contributed by atoms with Gasteiger partial charge in [-0.05, 0) is 13.0 Å². The van der Waals surface area contributed by atoms with Crippen molar-refractivity contribution in [2.45, 2.75) is 31.3 Å². The summed E-state index contributed by atoms with van der Waals surface area (Å²) in [5.74, 6) is -0.0469. The fourth-order valence-corrected chi connectivity index (χ4v) is 3.61. The predicted octanol–water partition coefficient (Wildman–Crippen LogP) is 2.34. The van der Waals surface area contributed by atoms with E-state index in [0.717, 1.165) is 18.8 Å². The number of nitrogens with zero attached hydrogens (tertiary/aromatic N) is 2. The minimum absolute atomic E-state index is 0.0469. The molecule has 1 aliphatic rings. The normalized spacial score (nSPS) is 21.4. The Morgan fingerprint density at radius 3 is 2.26 bits per heavy atom. The molecule has 3 atom stereocenters. The minimum Gasteiger partial charge on any atom is -0.438 e. The Morgan fingerprint density at radius 1 is 1.23 bits per heavy atom. The van der Waals surface area contributed by atoms with Crippen molar-refractivity contribution in [2.75, 3.05) is 46.5 Å². The van der Waals surface area contributed by atoms with Crippen LogP contribution in [-0.2, 0) is 41.8 Å². The van der Waals surface area contributed by atoms with Crippen molar-refractivity contribution in [3.8, 4) is 0 Å². The molecule has 2 heterocycles. The molecule has 0 aromatic carbocycles. The molecule has 1 fully saturated rings. The molecule has 1 aromatic rings. The number of rotatable bonds is 10. The molecule has 1 aromatic heterocycles. The van der Waals surface area contributed by atoms with Crippen molar-refractivity contribution in [1.29, 1.82) is 0 Å². The minimum atomic E-state index is -4.54. The molecule has 1 aliphatic heterocycles. The van der Waals surface area contributed by atoms with Gasteiger partial charge in [-0.1, -0.05) is 0 Å². The number of nitrogen functional groups attached to an aromatic ring is 1. The third-order valence-corrected chi connectivity index (χ3v) is 5.39. The molecule has 2 unspecified atom stereocenters. The highest BCUT2D eigenvalue weighted by atomic mass is 35.5. The summed E-state index contributed by atoms with van der Waals surface area (Å²) in [6.07, 6.45) is -2.89. The van der Waals surface area contributed by atoms with Gasteiger partial charge in [0.15, 0.2) is 6.23 Å². The van der Waals surface area contributed by atoms with Crippen LogP contribution in [0.3, 0.4) is 0 Å². The van der Waals surface area contributed by atoms with Crippen LogP contribution in [0.4, 0.5) is 19.8 Å². The van der Waals surface area contributed by atoms with Crippen molar-refractivity contribution in [3.63, 3.8) is 0 Å². The Kier molecular flexibility index (Phi) is 12.4. The van der Waals surface area contributed by atoms with Gasteiger partial charge in [-0.15, -0.1) is 11.6 Å². The molecule has 0 spiro atoms. The van der Waals surface area contributed by atoms with Crippen LogP contribution in [0.5, 0.6) is 0 Å². The Bertz CT molecular complexity index is 927. The standard InChI is InChI=1S/C16H23FN3O12P.CH3Cl/c1-16(6-10(17)12(32-16)20-5-4-11(18)19-13(20)21)7-29-33(24,30-8-27-14(22)25-2)31-9-28-15(23)26-3;1-2/h4-5,10,12H,6-9H2,1-3H3,(H2,18,19,21);1H3/t10?,12?,16-;/m0./s1. The monoisotopic (exact) mass is 549 g/mol. The number of carbonyl (C=O) groups excluding carboxylic acids is 2. The van der Waals surface area contributed by atoms with Gasteiger partial charge in [0, 0.05) is 19.0 Å². The van der Waals surface area contributed by atoms with E-state index in [1.807, 2.05) is 0 Å². The molecule has 0 bridgehead atoms. The van der Waals surface area contributed by atoms with Gasteiger partial charge >= 0.3 is 25.8 Å². The van der Waals surface area contributed by atoms with E-state index in [0.29, 0.717) is 0 Å². The summed E-state index contributed by atoms with van der Waals surface area (Å²) in [5, 5.41) is 0. The van der Waals surface area contributed by atoms with Gasteiger partial charge in [0.05, 0.1) is 26.4 Å². The lowest BCUT2D eigenvalue weighted by atomic mass is 10.0. The van der Waals surface area contributed by atoms with Gasteiger partial charge in [-0.3, -0.25) is 9.09 Å². The lowest BCUT2D eigenvalue weighted by Gasteiger charge is -2.26. The van der Waals surface area contributed by atoms with E-state index in [1.165, 1.54) is 25.6 Å². The molecular weight excluding hydrogens is 524 g/mol. The first-order chi connectivity index (χ1) is 16.5. The Labute approximate surface area is 204 Å². The number of hydrogen-bond donors (Lipinski definition) is 1. The summed E-state index contributed by atoms with van der Waals surface area (Å²) in [7, 11) is -2.48. The van der Waals surface area contributed by atoms with Crippen LogP contribution < -0.4 is 11.4 Å². The van der Waals surface area contributed by atoms with Gasteiger partial charge in [-0.2, -0.15) is 4.98 Å². The number of carbonyl (C=O) groups is 2. The van der Waals surface area contributed by atoms with E-state index in [9.17, 15) is 23.3 Å². The maximum atomic E-state index is 14.7. The highest BCUT2D eigenvalue weighted by Crippen LogP contribution is 2.51. The number of methoxy groups -OCH3 is 2. The molecule has 0 radical (unpaired) electrons. The molecule has 0 aliphatic carbocycles. The molecule has 18 heteroatoms. The number of phosphoric acid groups is 1. The summed E-state index contributed by atoms with van der Waals surface area (Å²) in [5.41, 5.74) is 3.20. The molecule has 35 heavy (non-hydrogen) atoms. The lowest BCUT2D eigenvalue weighted by molar-refractivity contribution is -0.101. The summed E-state index contributed by atoms with van der Waals surface area (Å²) in [6.45, 7) is -0.967. The highest BCUT2D eigenvalue weighted by molar-refractivity contribution is 7.48. The molecule has 2 rings (SSSR count). The van der Waals surface area contributed by atoms with Crippen LogP contribution in [-0.4, -0.2) is 74.4 Å². The van der Waals surface area contributed by atoms with Gasteiger partial charge in [0.1, 0.15) is 12.0 Å². The van der Waals surface area contributed by atoms with Crippen LogP contribution >= 0.6 is 19.4 Å². The molecule has 0 saturated carbocycles. The highest BCUT2D eigenvalue weighted by Gasteiger charge is 2.47. The first-order valence-corrected chi connectivity index (χ1v) is 11.7. The van der Waals surface area contributed by atoms with Gasteiger partial charge in [0.2, 0.25) is 13.6 Å². The number of phosphoric ester groups is 1. The van der Waals surface area contributed by atoms with Crippen molar-refractivity contribution < 1.29 is 55.8 Å². The summed E-state index contributed by atoms with van der Waals surface area (Å²) in [4.78, 5) is 37.6. The number of ether oxygens (including phenoxy) is 5. The molecule has 2 N–H and O–H groups in total. The van der Waals surface area contributed by atoms with Crippen molar-refractivity contribution in [1.82, 2.24) is 9.55 Å². The molecule has 0 amide bonds. The number of anilines is 1. The van der Waals surface area contributed by atoms with Crippen molar-refractivity contribution >= 4 is 37.6 Å². The van der Waals surface area contributed by atoms with Gasteiger partial charge in [-0.25, -0.2) is 32.4 Å². The predicted molar refractivity (Wildman–Crippen MR) is 115 cm³/mol. The van der Waals surface area contributed by atoms with Crippen molar-refractivity contribution in [2.24, 2.45) is 0 Å². The van der Waals surface area contributed by atoms with Gasteiger partial charge in [0.25, 0.3) is 0 Å². The van der Waals surface area contributed by atoms with Crippen molar-refractivity contribution in [3.05, 3.63) is 22.7 Å². The maximum Gasteiger partial charge on any atom is 0.510 e. The number of alkyl halides is 2. The number of halogens is 2. The van der Waals surface area contributed by atoms with Crippen LogP contribution in [0.2, 0.25) is 0 Å². The SMILES string of the molecule is CCl.COC(=O)OCOP(=O)(OCOC(=O)OC)OC[C@]1(C)CC(F)C(n2ccc(N)nc2=O)O1. The summed E-state index contributed by atoms with van der Waals surface area (Å²) in [6, 6.07) is 1.29. The second-order valence-corrected chi connectivity index (χ2v) is 8.30. The quantitative estimate of drug-likeness (QED) is 0.194. The van der Waals surface area contributed by atoms with E-state index < -0.39 is 64.0 Å². The van der Waals surface area contributed by atoms with Crippen LogP contribution in [0.25, 0.3) is 0 Å². The molecule has 15 nitrogen and oxygen atoms in total. The summed E-state index contributed by atoms with van der Waals surface area (Å²) >= 11 is 4.64. The van der Waals surface area contributed by atoms with E-state index in [1.54, 1.807) is 0 Å². The molecule has 1 saturated heterocycles. The topological polar surface area (TPSA) is 186 Å². The number of nitrogens with two attached hydrogens (primary N) is 1. The third-order valence-electron chi connectivity index (χ3n) is 4.10. The van der Waals surface area contributed by atoms with Gasteiger partial charge < -0.3 is 29.4 Å². The lowest BCUT2D eigenvalue weighted by Crippen LogP contribution is -2.33. The second kappa shape index (κ2) is 14.2. The fourth-order valence-electron chi connectivity index (χ4n) is 2.59. The Morgan fingerprint density at radius 2 is 1.77 bits per heavy atom. The molecule has 200 valence electrons. The van der Waals surface area contributed by atoms with E-state index >= 15 is 0 Å². The largest absolute Gasteiger partial charge is 0.510 e. The van der Waals surface area contributed by atoms with Crippen LogP contribution in [0.15, 0.2) is 17.1 Å². The summed E-state index contributed by atoms with van der Waals surface area (Å²) < 4.78 is 66.2. The van der Waals surface area contributed by atoms with E-state index in [-0.39, 0.29) is 12.2 Å². The average Bonchev–Trinajstić information content (AvgIpc) is 3.13. The van der Waals surface area contributed by atoms with E-state index in [4.69, 9.17) is 24.0 Å². The zero-order valence-corrected chi connectivity index (χ0v) is 20.9. The van der Waals surface area contributed by atoms with Crippen LogP contribution in [0.1, 0.15) is 19.6 Å². The number of aromatic nitrogens is 2. The molecular formula is C17H26ClFN3O12P. The zero-order chi connectivity index (χ0) is 26.6. The zero-order valence-electron chi connectivity index (χ0n) is 19.2. The second-order valence-electron chi connectivity index (χ2n) is 6.63. The Hall–Kier alpha value is -2.49. The Balaban J connectivity index is 0.00000298. The first kappa shape index (κ1) is 30.5. The first-order valence-electron chi connectivity index (χ1n) is 9.50. The fraction of sp³-hybridized carbons (Fsp3) is 0.647. The third kappa shape index (κ3) is 9.58.